The van der Waals surface area contributed by atoms with Gasteiger partial charge in [0.15, 0.2) is 5.78 Å². The average molecular weight is 188 g/mol. The molecule has 0 aliphatic heterocycles. The van der Waals surface area contributed by atoms with Crippen molar-refractivity contribution in [3.05, 3.63) is 35.4 Å². The SMILES string of the molecule is CC12Cc3ccccc3C(=O)C1(O)C2. The van der Waals surface area contributed by atoms with Crippen LogP contribution in [0.15, 0.2) is 24.3 Å². The summed E-state index contributed by atoms with van der Waals surface area (Å²) < 4.78 is 0. The fourth-order valence-corrected chi connectivity index (χ4v) is 2.62. The van der Waals surface area contributed by atoms with Crippen LogP contribution in [0.25, 0.3) is 0 Å². The van der Waals surface area contributed by atoms with E-state index in [2.05, 4.69) is 0 Å². The first-order valence-corrected chi connectivity index (χ1v) is 4.92. The lowest BCUT2D eigenvalue weighted by Crippen LogP contribution is -2.35. The molecule has 14 heavy (non-hydrogen) atoms. The lowest BCUT2D eigenvalue weighted by atomic mass is 9.82. The predicted molar refractivity (Wildman–Crippen MR) is 52.2 cm³/mol. The first kappa shape index (κ1) is 8.18. The van der Waals surface area contributed by atoms with Crippen molar-refractivity contribution in [2.45, 2.75) is 25.4 Å². The van der Waals surface area contributed by atoms with E-state index in [9.17, 15) is 9.90 Å². The van der Waals surface area contributed by atoms with E-state index in [1.165, 1.54) is 0 Å². The molecule has 1 fully saturated rings. The highest BCUT2D eigenvalue weighted by molar-refractivity contribution is 6.07. The van der Waals surface area contributed by atoms with Crippen LogP contribution in [0.1, 0.15) is 29.3 Å². The molecule has 1 N–H and O–H groups in total. The maximum atomic E-state index is 11.9. The summed E-state index contributed by atoms with van der Waals surface area (Å²) in [5.41, 5.74) is 0.548. The van der Waals surface area contributed by atoms with Crippen LogP contribution in [0.5, 0.6) is 0 Å². The Morgan fingerprint density at radius 1 is 1.36 bits per heavy atom. The Labute approximate surface area is 82.6 Å². The van der Waals surface area contributed by atoms with Crippen molar-refractivity contribution in [2.75, 3.05) is 0 Å². The zero-order valence-corrected chi connectivity index (χ0v) is 8.08. The van der Waals surface area contributed by atoms with Gasteiger partial charge >= 0.3 is 0 Å². The number of Topliss-reactive ketones (excluding diaryl/α,β-unsaturated/α-hetero) is 1. The monoisotopic (exact) mass is 188 g/mol. The lowest BCUT2D eigenvalue weighted by Gasteiger charge is -2.24. The van der Waals surface area contributed by atoms with Gasteiger partial charge in [0.25, 0.3) is 0 Å². The molecule has 3 rings (SSSR count). The molecule has 0 aromatic heterocycles. The third-order valence-electron chi connectivity index (χ3n) is 3.74. The molecule has 0 saturated heterocycles. The van der Waals surface area contributed by atoms with E-state index >= 15 is 0 Å². The first-order chi connectivity index (χ1) is 6.57. The van der Waals surface area contributed by atoms with Gasteiger partial charge in [0.05, 0.1) is 0 Å². The Morgan fingerprint density at radius 3 is 2.86 bits per heavy atom. The largest absolute Gasteiger partial charge is 0.381 e. The zero-order valence-electron chi connectivity index (χ0n) is 8.08. The topological polar surface area (TPSA) is 37.3 Å². The van der Waals surface area contributed by atoms with E-state index in [0.717, 1.165) is 12.0 Å². The van der Waals surface area contributed by atoms with Gasteiger partial charge in [-0.05, 0) is 18.4 Å². The maximum Gasteiger partial charge on any atom is 0.195 e. The molecule has 1 aromatic rings. The Morgan fingerprint density at radius 2 is 2.07 bits per heavy atom. The molecule has 2 nitrogen and oxygen atoms in total. The summed E-state index contributed by atoms with van der Waals surface area (Å²) in [5, 5.41) is 10.1. The number of rotatable bonds is 0. The van der Waals surface area contributed by atoms with E-state index in [1.807, 2.05) is 31.2 Å². The van der Waals surface area contributed by atoms with Gasteiger partial charge < -0.3 is 5.11 Å². The molecule has 1 saturated carbocycles. The number of benzene rings is 1. The predicted octanol–water partition coefficient (Wildman–Crippen LogP) is 1.57. The van der Waals surface area contributed by atoms with Crippen molar-refractivity contribution in [1.29, 1.82) is 0 Å². The van der Waals surface area contributed by atoms with E-state index in [1.54, 1.807) is 0 Å². The Bertz CT molecular complexity index is 438. The molecule has 0 radical (unpaired) electrons. The van der Waals surface area contributed by atoms with Crippen LogP contribution in [0.3, 0.4) is 0 Å². The molecule has 0 spiro atoms. The maximum absolute atomic E-state index is 11.9. The van der Waals surface area contributed by atoms with Crippen molar-refractivity contribution in [3.8, 4) is 0 Å². The third kappa shape index (κ3) is 0.735. The van der Waals surface area contributed by atoms with Crippen molar-refractivity contribution in [1.82, 2.24) is 0 Å². The van der Waals surface area contributed by atoms with Crippen LogP contribution in [-0.4, -0.2) is 16.5 Å². The Hall–Kier alpha value is -1.15. The van der Waals surface area contributed by atoms with Crippen LogP contribution < -0.4 is 0 Å². The molecule has 0 amide bonds. The number of hydrogen-bond acceptors (Lipinski definition) is 2. The van der Waals surface area contributed by atoms with Gasteiger partial charge in [0.2, 0.25) is 0 Å². The molecule has 2 aliphatic rings. The number of carbonyl (C=O) groups excluding carboxylic acids is 1. The quantitative estimate of drug-likeness (QED) is 0.671. The summed E-state index contributed by atoms with van der Waals surface area (Å²) in [6, 6.07) is 7.59. The first-order valence-electron chi connectivity index (χ1n) is 4.92. The van der Waals surface area contributed by atoms with E-state index in [-0.39, 0.29) is 11.2 Å². The van der Waals surface area contributed by atoms with E-state index in [0.29, 0.717) is 12.0 Å². The van der Waals surface area contributed by atoms with E-state index in [4.69, 9.17) is 0 Å². The summed E-state index contributed by atoms with van der Waals surface area (Å²) in [6.07, 6.45) is 1.44. The molecule has 1 aromatic carbocycles. The van der Waals surface area contributed by atoms with Crippen LogP contribution in [-0.2, 0) is 6.42 Å². The highest BCUT2D eigenvalue weighted by atomic mass is 16.3. The molecule has 0 heterocycles. The summed E-state index contributed by atoms with van der Waals surface area (Å²) >= 11 is 0. The van der Waals surface area contributed by atoms with Crippen LogP contribution >= 0.6 is 0 Å². The molecule has 72 valence electrons. The van der Waals surface area contributed by atoms with Gasteiger partial charge in [0.1, 0.15) is 5.60 Å². The number of carbonyl (C=O) groups is 1. The average Bonchev–Trinajstić information content (AvgIpc) is 2.70. The number of hydrogen-bond donors (Lipinski definition) is 1. The van der Waals surface area contributed by atoms with Crippen molar-refractivity contribution in [3.63, 3.8) is 0 Å². The summed E-state index contributed by atoms with van der Waals surface area (Å²) in [4.78, 5) is 11.9. The highest BCUT2D eigenvalue weighted by Gasteiger charge is 2.70. The standard InChI is InChI=1S/C12H12O2/c1-11-6-8-4-2-3-5-9(8)10(13)12(11,14)7-11/h2-5,14H,6-7H2,1H3. The number of aliphatic hydroxyl groups is 1. The van der Waals surface area contributed by atoms with Gasteiger partial charge in [-0.1, -0.05) is 31.2 Å². The number of fused-ring (bicyclic) bond motifs is 2. The fourth-order valence-electron chi connectivity index (χ4n) is 2.62. The summed E-state index contributed by atoms with van der Waals surface area (Å²) in [5.74, 6) is -0.0816. The van der Waals surface area contributed by atoms with Crippen LogP contribution in [0, 0.1) is 5.41 Å². The molecule has 2 heteroatoms. The van der Waals surface area contributed by atoms with Crippen molar-refractivity contribution in [2.24, 2.45) is 5.41 Å². The van der Waals surface area contributed by atoms with Crippen molar-refractivity contribution >= 4 is 5.78 Å². The minimum Gasteiger partial charge on any atom is -0.381 e. The van der Waals surface area contributed by atoms with Gasteiger partial charge in [-0.15, -0.1) is 0 Å². The fraction of sp³-hybridized carbons (Fsp3) is 0.417. The smallest absolute Gasteiger partial charge is 0.195 e. The molecular formula is C12H12O2. The highest BCUT2D eigenvalue weighted by Crippen LogP contribution is 2.62. The van der Waals surface area contributed by atoms with Crippen LogP contribution in [0.4, 0.5) is 0 Å². The molecule has 2 unspecified atom stereocenters. The second kappa shape index (κ2) is 2.09. The lowest BCUT2D eigenvalue weighted by molar-refractivity contribution is 0.0549. The van der Waals surface area contributed by atoms with Gasteiger partial charge in [-0.3, -0.25) is 4.79 Å². The zero-order chi connectivity index (χ0) is 9.97. The third-order valence-corrected chi connectivity index (χ3v) is 3.74. The van der Waals surface area contributed by atoms with E-state index < -0.39 is 5.60 Å². The molecular weight excluding hydrogens is 176 g/mol. The second-order valence-corrected chi connectivity index (χ2v) is 4.76. The second-order valence-electron chi connectivity index (χ2n) is 4.76. The Kier molecular flexibility index (Phi) is 1.22. The van der Waals surface area contributed by atoms with Gasteiger partial charge in [-0.2, -0.15) is 0 Å². The Balaban J connectivity index is 2.20. The minimum absolute atomic E-state index is 0.0816. The molecule has 2 atom stereocenters. The number of ketones is 1. The minimum atomic E-state index is -1.05. The van der Waals surface area contributed by atoms with Crippen LogP contribution in [0.2, 0.25) is 0 Å². The molecule has 0 bridgehead atoms. The normalized spacial score (nSPS) is 38.9. The molecule has 2 aliphatic carbocycles. The van der Waals surface area contributed by atoms with Gasteiger partial charge in [0, 0.05) is 11.0 Å². The summed E-state index contributed by atoms with van der Waals surface area (Å²) in [6.45, 7) is 1.99. The van der Waals surface area contributed by atoms with Crippen molar-refractivity contribution < 1.29 is 9.90 Å². The summed E-state index contributed by atoms with van der Waals surface area (Å²) in [7, 11) is 0. The van der Waals surface area contributed by atoms with Gasteiger partial charge in [-0.25, -0.2) is 0 Å².